The minimum absolute atomic E-state index is 0.519. The summed E-state index contributed by atoms with van der Waals surface area (Å²) in [5.41, 5.74) is 7.71. The zero-order chi connectivity index (χ0) is 15.1. The SMILES string of the molecule is C[C@H]1CNCCN1Cc1nc(N)c2c3c(sc2n1)CCCC3. The number of hydrogen-bond donors (Lipinski definition) is 2. The first-order valence-electron chi connectivity index (χ1n) is 8.24. The topological polar surface area (TPSA) is 67.1 Å². The molecular weight excluding hydrogens is 294 g/mol. The summed E-state index contributed by atoms with van der Waals surface area (Å²) in [7, 11) is 0. The highest BCUT2D eigenvalue weighted by molar-refractivity contribution is 7.19. The van der Waals surface area contributed by atoms with Gasteiger partial charge in [0.05, 0.1) is 11.9 Å². The summed E-state index contributed by atoms with van der Waals surface area (Å²) in [6, 6.07) is 0.519. The van der Waals surface area contributed by atoms with E-state index in [1.807, 2.05) is 11.3 Å². The number of anilines is 1. The van der Waals surface area contributed by atoms with E-state index in [9.17, 15) is 0 Å². The van der Waals surface area contributed by atoms with Gasteiger partial charge in [0.25, 0.3) is 0 Å². The van der Waals surface area contributed by atoms with Gasteiger partial charge >= 0.3 is 0 Å². The molecule has 0 aromatic carbocycles. The van der Waals surface area contributed by atoms with Crippen molar-refractivity contribution in [3.05, 3.63) is 16.3 Å². The van der Waals surface area contributed by atoms with E-state index in [0.717, 1.165) is 48.6 Å². The van der Waals surface area contributed by atoms with E-state index < -0.39 is 0 Å². The number of rotatable bonds is 2. The lowest BCUT2D eigenvalue weighted by molar-refractivity contribution is 0.162. The lowest BCUT2D eigenvalue weighted by Gasteiger charge is -2.33. The van der Waals surface area contributed by atoms with Crippen LogP contribution in [0.15, 0.2) is 0 Å². The van der Waals surface area contributed by atoms with Crippen LogP contribution in [0.1, 0.15) is 36.0 Å². The quantitative estimate of drug-likeness (QED) is 0.886. The summed E-state index contributed by atoms with van der Waals surface area (Å²) < 4.78 is 0. The van der Waals surface area contributed by atoms with Crippen LogP contribution in [0.2, 0.25) is 0 Å². The first-order chi connectivity index (χ1) is 10.7. The highest BCUT2D eigenvalue weighted by atomic mass is 32.1. The Labute approximate surface area is 134 Å². The molecule has 118 valence electrons. The first-order valence-corrected chi connectivity index (χ1v) is 9.05. The minimum atomic E-state index is 0.519. The lowest BCUT2D eigenvalue weighted by atomic mass is 9.97. The second kappa shape index (κ2) is 5.76. The number of piperazine rings is 1. The zero-order valence-electron chi connectivity index (χ0n) is 13.1. The van der Waals surface area contributed by atoms with E-state index in [-0.39, 0.29) is 0 Å². The maximum atomic E-state index is 6.29. The molecule has 0 spiro atoms. The molecule has 3 heterocycles. The predicted octanol–water partition coefficient (Wildman–Crippen LogP) is 1.95. The van der Waals surface area contributed by atoms with E-state index in [1.165, 1.54) is 29.7 Å². The molecule has 0 amide bonds. The van der Waals surface area contributed by atoms with Gasteiger partial charge in [-0.2, -0.15) is 0 Å². The maximum absolute atomic E-state index is 6.29. The van der Waals surface area contributed by atoms with Gasteiger partial charge in [-0.15, -0.1) is 11.3 Å². The molecule has 2 aromatic heterocycles. The van der Waals surface area contributed by atoms with Gasteiger partial charge in [-0.25, -0.2) is 9.97 Å². The van der Waals surface area contributed by atoms with Crippen LogP contribution >= 0.6 is 11.3 Å². The molecule has 0 radical (unpaired) electrons. The van der Waals surface area contributed by atoms with E-state index >= 15 is 0 Å². The lowest BCUT2D eigenvalue weighted by Crippen LogP contribution is -2.49. The fourth-order valence-electron chi connectivity index (χ4n) is 3.60. The van der Waals surface area contributed by atoms with E-state index in [2.05, 4.69) is 22.1 Å². The Bertz CT molecular complexity index is 695. The van der Waals surface area contributed by atoms with Crippen LogP contribution in [0.25, 0.3) is 10.2 Å². The number of nitrogens with one attached hydrogen (secondary N) is 1. The molecule has 1 aliphatic heterocycles. The number of aromatic nitrogens is 2. The zero-order valence-corrected chi connectivity index (χ0v) is 13.9. The Morgan fingerprint density at radius 2 is 2.18 bits per heavy atom. The number of nitrogens with zero attached hydrogens (tertiary/aromatic N) is 3. The van der Waals surface area contributed by atoms with Crippen molar-refractivity contribution >= 4 is 27.4 Å². The summed E-state index contributed by atoms with van der Waals surface area (Å²) in [4.78, 5) is 14.5. The van der Waals surface area contributed by atoms with Gasteiger partial charge in [0.1, 0.15) is 16.5 Å². The smallest absolute Gasteiger partial charge is 0.146 e. The van der Waals surface area contributed by atoms with Crippen molar-refractivity contribution in [2.75, 3.05) is 25.4 Å². The predicted molar refractivity (Wildman–Crippen MR) is 91.2 cm³/mol. The fourth-order valence-corrected chi connectivity index (χ4v) is 4.89. The van der Waals surface area contributed by atoms with Crippen LogP contribution in [0.3, 0.4) is 0 Å². The number of nitrogen functional groups attached to an aromatic ring is 1. The van der Waals surface area contributed by atoms with Crippen molar-refractivity contribution in [3.63, 3.8) is 0 Å². The molecule has 22 heavy (non-hydrogen) atoms. The molecule has 1 saturated heterocycles. The molecule has 5 nitrogen and oxygen atoms in total. The van der Waals surface area contributed by atoms with Crippen molar-refractivity contribution in [2.24, 2.45) is 0 Å². The largest absolute Gasteiger partial charge is 0.383 e. The van der Waals surface area contributed by atoms with Crippen LogP contribution < -0.4 is 11.1 Å². The minimum Gasteiger partial charge on any atom is -0.383 e. The van der Waals surface area contributed by atoms with Crippen molar-refractivity contribution in [3.8, 4) is 0 Å². The van der Waals surface area contributed by atoms with Crippen molar-refractivity contribution in [2.45, 2.75) is 45.2 Å². The average molecular weight is 317 g/mol. The maximum Gasteiger partial charge on any atom is 0.146 e. The van der Waals surface area contributed by atoms with Gasteiger partial charge < -0.3 is 11.1 Å². The third-order valence-electron chi connectivity index (χ3n) is 4.87. The fraction of sp³-hybridized carbons (Fsp3) is 0.625. The van der Waals surface area contributed by atoms with Crippen LogP contribution in [0.5, 0.6) is 0 Å². The molecule has 1 fully saturated rings. The Morgan fingerprint density at radius 1 is 1.32 bits per heavy atom. The normalized spacial score (nSPS) is 22.9. The van der Waals surface area contributed by atoms with Crippen molar-refractivity contribution in [1.82, 2.24) is 20.2 Å². The molecule has 0 saturated carbocycles. The summed E-state index contributed by atoms with van der Waals surface area (Å²) in [5, 5.41) is 4.56. The third-order valence-corrected chi connectivity index (χ3v) is 6.06. The number of nitrogens with two attached hydrogens (primary N) is 1. The highest BCUT2D eigenvalue weighted by Gasteiger charge is 2.22. The van der Waals surface area contributed by atoms with Crippen molar-refractivity contribution in [1.29, 1.82) is 0 Å². The van der Waals surface area contributed by atoms with Crippen LogP contribution in [-0.2, 0) is 19.4 Å². The second-order valence-electron chi connectivity index (χ2n) is 6.44. The van der Waals surface area contributed by atoms with Crippen LogP contribution in [-0.4, -0.2) is 40.5 Å². The van der Waals surface area contributed by atoms with Gasteiger partial charge in [0.15, 0.2) is 0 Å². The van der Waals surface area contributed by atoms with Crippen molar-refractivity contribution < 1.29 is 0 Å². The number of fused-ring (bicyclic) bond motifs is 3. The van der Waals surface area contributed by atoms with E-state index in [1.54, 1.807) is 0 Å². The van der Waals surface area contributed by atoms with Gasteiger partial charge in [-0.3, -0.25) is 4.90 Å². The Morgan fingerprint density at radius 3 is 3.05 bits per heavy atom. The third kappa shape index (κ3) is 2.49. The number of aryl methyl sites for hydroxylation is 2. The Hall–Kier alpha value is -1.24. The van der Waals surface area contributed by atoms with Gasteiger partial charge in [-0.1, -0.05) is 0 Å². The van der Waals surface area contributed by atoms with Gasteiger partial charge in [-0.05, 0) is 38.2 Å². The summed E-state index contributed by atoms with van der Waals surface area (Å²) in [5.74, 6) is 1.56. The van der Waals surface area contributed by atoms with Gasteiger partial charge in [0.2, 0.25) is 0 Å². The molecule has 6 heteroatoms. The molecular formula is C16H23N5S. The standard InChI is InChI=1S/C16H23N5S/c1-10-8-18-6-7-21(10)9-13-19-15(17)14-11-4-2-3-5-12(11)22-16(14)20-13/h10,18H,2-9H2,1H3,(H2,17,19,20)/t10-/m0/s1. The molecule has 2 aromatic rings. The molecule has 1 atom stereocenters. The van der Waals surface area contributed by atoms with Gasteiger partial charge in [0, 0.05) is 30.6 Å². The summed E-state index contributed by atoms with van der Waals surface area (Å²) in [6.45, 7) is 6.16. The summed E-state index contributed by atoms with van der Waals surface area (Å²) in [6.07, 6.45) is 4.87. The number of hydrogen-bond acceptors (Lipinski definition) is 6. The molecule has 4 rings (SSSR count). The molecule has 0 unspecified atom stereocenters. The van der Waals surface area contributed by atoms with E-state index in [0.29, 0.717) is 11.9 Å². The molecule has 0 bridgehead atoms. The van der Waals surface area contributed by atoms with Crippen LogP contribution in [0.4, 0.5) is 5.82 Å². The second-order valence-corrected chi connectivity index (χ2v) is 7.52. The summed E-state index contributed by atoms with van der Waals surface area (Å²) >= 11 is 1.83. The molecule has 3 N–H and O–H groups in total. The average Bonchev–Trinajstić information content (AvgIpc) is 2.88. The molecule has 1 aliphatic carbocycles. The highest BCUT2D eigenvalue weighted by Crippen LogP contribution is 2.37. The van der Waals surface area contributed by atoms with Crippen LogP contribution in [0, 0.1) is 0 Å². The van der Waals surface area contributed by atoms with E-state index in [4.69, 9.17) is 10.7 Å². The Balaban J connectivity index is 1.68. The first kappa shape index (κ1) is 14.4. The Kier molecular flexibility index (Phi) is 3.76. The monoisotopic (exact) mass is 317 g/mol. The molecule has 2 aliphatic rings. The number of thiophene rings is 1.